The van der Waals surface area contributed by atoms with Crippen molar-refractivity contribution in [3.63, 3.8) is 0 Å². The molecule has 21 heavy (non-hydrogen) atoms. The zero-order valence-corrected chi connectivity index (χ0v) is 13.0. The Morgan fingerprint density at radius 3 is 3.10 bits per heavy atom. The number of benzene rings is 1. The van der Waals surface area contributed by atoms with Crippen molar-refractivity contribution in [2.75, 3.05) is 26.7 Å². The van der Waals surface area contributed by atoms with E-state index in [0.29, 0.717) is 0 Å². The lowest BCUT2D eigenvalue weighted by Crippen LogP contribution is -2.33. The van der Waals surface area contributed by atoms with Gasteiger partial charge in [0.2, 0.25) is 0 Å². The van der Waals surface area contributed by atoms with Crippen molar-refractivity contribution in [2.45, 2.75) is 18.6 Å². The topological polar surface area (TPSA) is 48.4 Å². The first-order chi connectivity index (χ1) is 10.3. The van der Waals surface area contributed by atoms with Crippen LogP contribution in [0.3, 0.4) is 0 Å². The van der Waals surface area contributed by atoms with Gasteiger partial charge in [-0.25, -0.2) is 4.98 Å². The summed E-state index contributed by atoms with van der Waals surface area (Å²) in [6.07, 6.45) is 2.56. The third-order valence-electron chi connectivity index (χ3n) is 4.01. The van der Waals surface area contributed by atoms with Crippen molar-refractivity contribution in [3.05, 3.63) is 41.4 Å². The molecule has 0 radical (unpaired) electrons. The molecule has 0 bridgehead atoms. The summed E-state index contributed by atoms with van der Waals surface area (Å²) >= 11 is 1.66. The van der Waals surface area contributed by atoms with Crippen LogP contribution in [0.2, 0.25) is 0 Å². The predicted molar refractivity (Wildman–Crippen MR) is 86.4 cm³/mol. The van der Waals surface area contributed by atoms with Gasteiger partial charge >= 0.3 is 0 Å². The van der Waals surface area contributed by atoms with Gasteiger partial charge in [-0.3, -0.25) is 4.90 Å². The molecule has 1 aliphatic heterocycles. The van der Waals surface area contributed by atoms with Gasteiger partial charge in [0.1, 0.15) is 5.01 Å². The Kier molecular flexibility index (Phi) is 4.65. The highest BCUT2D eigenvalue weighted by Gasteiger charge is 2.23. The fraction of sp³-hybridized carbons (Fsp3) is 0.438. The van der Waals surface area contributed by atoms with Crippen LogP contribution < -0.4 is 5.32 Å². The number of thiazole rings is 1. The predicted octanol–water partition coefficient (Wildman–Crippen LogP) is 2.14. The van der Waals surface area contributed by atoms with Gasteiger partial charge in [0.25, 0.3) is 0 Å². The second-order valence-electron chi connectivity index (χ2n) is 5.51. The summed E-state index contributed by atoms with van der Waals surface area (Å²) in [5.41, 5.74) is 2.44. The fourth-order valence-corrected chi connectivity index (χ4v) is 3.49. The van der Waals surface area contributed by atoms with E-state index in [-0.39, 0.29) is 12.1 Å². The molecular weight excluding hydrogens is 282 g/mol. The second-order valence-corrected chi connectivity index (χ2v) is 6.40. The molecule has 1 fully saturated rings. The molecule has 2 aromatic rings. The molecule has 1 aromatic carbocycles. The Morgan fingerprint density at radius 2 is 2.43 bits per heavy atom. The Hall–Kier alpha value is -1.27. The van der Waals surface area contributed by atoms with E-state index in [1.54, 1.807) is 11.3 Å². The zero-order chi connectivity index (χ0) is 14.7. The van der Waals surface area contributed by atoms with E-state index >= 15 is 0 Å². The van der Waals surface area contributed by atoms with E-state index in [2.05, 4.69) is 39.5 Å². The van der Waals surface area contributed by atoms with Crippen LogP contribution >= 0.6 is 11.3 Å². The van der Waals surface area contributed by atoms with Crippen LogP contribution in [0.15, 0.2) is 35.8 Å². The maximum Gasteiger partial charge on any atom is 0.123 e. The van der Waals surface area contributed by atoms with Crippen molar-refractivity contribution >= 4 is 11.3 Å². The summed E-state index contributed by atoms with van der Waals surface area (Å²) in [5.74, 6) is 0. The molecule has 2 atom stereocenters. The number of likely N-dealkylation sites (N-methyl/N-ethyl adjacent to an activating group) is 1. The minimum atomic E-state index is -0.163. The molecule has 1 saturated heterocycles. The molecule has 112 valence electrons. The molecular formula is C16H21N3OS. The standard InChI is InChI=1S/C16H21N3OS/c1-17-15(11-19-7-5-14(20)10-19)12-3-2-4-13(9-12)16-18-6-8-21-16/h2-4,6,8-9,14-15,17,20H,5,7,10-11H2,1H3/t14-,15-/m0/s1. The summed E-state index contributed by atoms with van der Waals surface area (Å²) in [5, 5.41) is 16.1. The Balaban J connectivity index is 1.76. The molecule has 4 nitrogen and oxygen atoms in total. The third-order valence-corrected chi connectivity index (χ3v) is 4.83. The number of aromatic nitrogens is 1. The first-order valence-corrected chi connectivity index (χ1v) is 8.21. The summed E-state index contributed by atoms with van der Waals surface area (Å²) in [7, 11) is 1.99. The van der Waals surface area contributed by atoms with E-state index in [9.17, 15) is 5.11 Å². The van der Waals surface area contributed by atoms with Crippen LogP contribution in [-0.4, -0.2) is 47.8 Å². The van der Waals surface area contributed by atoms with Crippen LogP contribution in [0.1, 0.15) is 18.0 Å². The fourth-order valence-electron chi connectivity index (χ4n) is 2.85. The van der Waals surface area contributed by atoms with Gasteiger partial charge in [-0.05, 0) is 25.1 Å². The molecule has 1 aromatic heterocycles. The average Bonchev–Trinajstić information content (AvgIpc) is 3.16. The van der Waals surface area contributed by atoms with Crippen molar-refractivity contribution in [2.24, 2.45) is 0 Å². The lowest BCUT2D eigenvalue weighted by atomic mass is 10.0. The maximum atomic E-state index is 9.66. The lowest BCUT2D eigenvalue weighted by molar-refractivity contribution is 0.173. The van der Waals surface area contributed by atoms with Crippen molar-refractivity contribution < 1.29 is 5.11 Å². The largest absolute Gasteiger partial charge is 0.392 e. The van der Waals surface area contributed by atoms with E-state index in [4.69, 9.17) is 0 Å². The summed E-state index contributed by atoms with van der Waals surface area (Å²) in [4.78, 5) is 6.70. The number of rotatable bonds is 5. The second kappa shape index (κ2) is 6.66. The number of aliphatic hydroxyl groups is 1. The Labute approximate surface area is 129 Å². The first-order valence-electron chi connectivity index (χ1n) is 7.34. The van der Waals surface area contributed by atoms with Crippen LogP contribution in [0.5, 0.6) is 0 Å². The molecule has 5 heteroatoms. The highest BCUT2D eigenvalue weighted by molar-refractivity contribution is 7.13. The quantitative estimate of drug-likeness (QED) is 0.888. The highest BCUT2D eigenvalue weighted by atomic mass is 32.1. The molecule has 0 spiro atoms. The summed E-state index contributed by atoms with van der Waals surface area (Å²) in [6.45, 7) is 2.69. The number of nitrogens with zero attached hydrogens (tertiary/aromatic N) is 2. The smallest absolute Gasteiger partial charge is 0.123 e. The molecule has 0 saturated carbocycles. The number of β-amino-alcohol motifs (C(OH)–C–C–N with tert-alkyl or cyclic N) is 1. The van der Waals surface area contributed by atoms with Crippen LogP contribution in [0, 0.1) is 0 Å². The van der Waals surface area contributed by atoms with Crippen LogP contribution in [0.25, 0.3) is 10.6 Å². The third kappa shape index (κ3) is 3.49. The Morgan fingerprint density at radius 1 is 1.52 bits per heavy atom. The molecule has 1 aliphatic rings. The summed E-state index contributed by atoms with van der Waals surface area (Å²) in [6, 6.07) is 8.84. The normalized spacial score (nSPS) is 20.8. The van der Waals surface area contributed by atoms with Crippen molar-refractivity contribution in [1.82, 2.24) is 15.2 Å². The molecule has 0 amide bonds. The van der Waals surface area contributed by atoms with Gasteiger partial charge in [0, 0.05) is 42.8 Å². The number of likely N-dealkylation sites (tertiary alicyclic amines) is 1. The van der Waals surface area contributed by atoms with E-state index in [1.165, 1.54) is 11.1 Å². The van der Waals surface area contributed by atoms with E-state index in [1.807, 2.05) is 18.6 Å². The monoisotopic (exact) mass is 303 g/mol. The minimum absolute atomic E-state index is 0.163. The van der Waals surface area contributed by atoms with Gasteiger partial charge in [-0.1, -0.05) is 18.2 Å². The van der Waals surface area contributed by atoms with E-state index in [0.717, 1.165) is 31.1 Å². The first kappa shape index (κ1) is 14.7. The summed E-state index contributed by atoms with van der Waals surface area (Å²) < 4.78 is 0. The van der Waals surface area contributed by atoms with Gasteiger partial charge < -0.3 is 10.4 Å². The highest BCUT2D eigenvalue weighted by Crippen LogP contribution is 2.25. The minimum Gasteiger partial charge on any atom is -0.392 e. The molecule has 0 aliphatic carbocycles. The van der Waals surface area contributed by atoms with Crippen LogP contribution in [-0.2, 0) is 0 Å². The van der Waals surface area contributed by atoms with Crippen molar-refractivity contribution in [1.29, 1.82) is 0 Å². The van der Waals surface area contributed by atoms with Gasteiger partial charge in [-0.2, -0.15) is 0 Å². The molecule has 2 heterocycles. The molecule has 3 rings (SSSR count). The number of hydrogen-bond acceptors (Lipinski definition) is 5. The molecule has 0 unspecified atom stereocenters. The van der Waals surface area contributed by atoms with Gasteiger partial charge in [0.15, 0.2) is 0 Å². The molecule has 2 N–H and O–H groups in total. The van der Waals surface area contributed by atoms with Crippen molar-refractivity contribution in [3.8, 4) is 10.6 Å². The number of aliphatic hydroxyl groups excluding tert-OH is 1. The van der Waals surface area contributed by atoms with Crippen LogP contribution in [0.4, 0.5) is 0 Å². The Bertz CT molecular complexity index is 573. The van der Waals surface area contributed by atoms with Gasteiger partial charge in [0.05, 0.1) is 6.10 Å². The zero-order valence-electron chi connectivity index (χ0n) is 12.2. The van der Waals surface area contributed by atoms with E-state index < -0.39 is 0 Å². The lowest BCUT2D eigenvalue weighted by Gasteiger charge is -2.23. The number of hydrogen-bond donors (Lipinski definition) is 2. The average molecular weight is 303 g/mol. The van der Waals surface area contributed by atoms with Gasteiger partial charge in [-0.15, -0.1) is 11.3 Å². The maximum absolute atomic E-state index is 9.66. The number of nitrogens with one attached hydrogen (secondary N) is 1. The SMILES string of the molecule is CN[C@@H](CN1CC[C@H](O)C1)c1cccc(-c2nccs2)c1.